The number of aliphatic hydroxyl groups excluding tert-OH is 1. The highest BCUT2D eigenvalue weighted by atomic mass is 19.4. The van der Waals surface area contributed by atoms with Crippen LogP contribution in [0.1, 0.15) is 30.9 Å². The molecule has 1 aliphatic rings. The number of aromatic hydroxyl groups is 1. The lowest BCUT2D eigenvalue weighted by atomic mass is 9.98. The van der Waals surface area contributed by atoms with E-state index in [1.54, 1.807) is 13.0 Å². The Kier molecular flexibility index (Phi) is 7.12. The summed E-state index contributed by atoms with van der Waals surface area (Å²) in [6.45, 7) is 8.50. The van der Waals surface area contributed by atoms with Crippen molar-refractivity contribution in [1.82, 2.24) is 4.90 Å². The van der Waals surface area contributed by atoms with Crippen molar-refractivity contribution in [3.8, 4) is 11.5 Å². The van der Waals surface area contributed by atoms with Gasteiger partial charge in [0, 0.05) is 25.4 Å². The van der Waals surface area contributed by atoms with Crippen LogP contribution in [0.5, 0.6) is 11.5 Å². The van der Waals surface area contributed by atoms with E-state index in [1.165, 1.54) is 18.2 Å². The minimum atomic E-state index is -4.90. The Balaban J connectivity index is 2.37. The van der Waals surface area contributed by atoms with Crippen molar-refractivity contribution in [3.05, 3.63) is 41.1 Å². The highest BCUT2D eigenvalue weighted by molar-refractivity contribution is 5.78. The first-order chi connectivity index (χ1) is 13.1. The third kappa shape index (κ3) is 5.76. The van der Waals surface area contributed by atoms with E-state index in [0.29, 0.717) is 12.1 Å². The molecule has 1 aromatic carbocycles. The summed E-state index contributed by atoms with van der Waals surface area (Å²) in [5, 5.41) is 19.6. The van der Waals surface area contributed by atoms with Gasteiger partial charge in [-0.2, -0.15) is 0 Å². The van der Waals surface area contributed by atoms with Gasteiger partial charge in [-0.1, -0.05) is 0 Å². The Morgan fingerprint density at radius 2 is 2.11 bits per heavy atom. The number of allylic oxidation sites excluding steroid dienone is 3. The SMILES string of the molecule is C=N/C(=C\C=C(/C)N1CCCC(CO)C1)c1c(O)cc(C)cc1OC(F)(F)F. The number of alkyl halides is 3. The number of aliphatic imine (C=N–C) groups is 1. The van der Waals surface area contributed by atoms with Crippen molar-refractivity contribution in [2.45, 2.75) is 33.1 Å². The monoisotopic (exact) mass is 398 g/mol. The summed E-state index contributed by atoms with van der Waals surface area (Å²) in [6.07, 6.45) is 0.221. The number of halogens is 3. The summed E-state index contributed by atoms with van der Waals surface area (Å²) in [5.41, 5.74) is 1.18. The van der Waals surface area contributed by atoms with Crippen LogP contribution in [0.3, 0.4) is 0 Å². The summed E-state index contributed by atoms with van der Waals surface area (Å²) >= 11 is 0. The molecule has 2 rings (SSSR count). The molecular formula is C20H25F3N2O3. The Hall–Kier alpha value is -2.48. The van der Waals surface area contributed by atoms with Crippen molar-refractivity contribution >= 4 is 12.4 Å². The minimum absolute atomic E-state index is 0.0619. The molecule has 1 aliphatic heterocycles. The molecule has 1 unspecified atom stereocenters. The Morgan fingerprint density at radius 1 is 1.39 bits per heavy atom. The molecule has 0 bridgehead atoms. The van der Waals surface area contributed by atoms with Crippen LogP contribution in [0.4, 0.5) is 13.2 Å². The molecule has 0 aliphatic carbocycles. The fourth-order valence-electron chi connectivity index (χ4n) is 3.25. The number of aliphatic hydroxyl groups is 1. The molecular weight excluding hydrogens is 373 g/mol. The summed E-state index contributed by atoms with van der Waals surface area (Å²) < 4.78 is 42.4. The maximum Gasteiger partial charge on any atom is 0.573 e. The summed E-state index contributed by atoms with van der Waals surface area (Å²) in [5.74, 6) is -0.707. The van der Waals surface area contributed by atoms with E-state index in [9.17, 15) is 23.4 Å². The molecule has 154 valence electrons. The third-order valence-corrected chi connectivity index (χ3v) is 4.64. The molecule has 28 heavy (non-hydrogen) atoms. The van der Waals surface area contributed by atoms with Crippen LogP contribution in [0.2, 0.25) is 0 Å². The Morgan fingerprint density at radius 3 is 2.71 bits per heavy atom. The summed E-state index contributed by atoms with van der Waals surface area (Å²) in [7, 11) is 0. The molecule has 0 spiro atoms. The smallest absolute Gasteiger partial charge is 0.507 e. The maximum atomic E-state index is 12.8. The van der Waals surface area contributed by atoms with Crippen molar-refractivity contribution < 1.29 is 28.1 Å². The predicted octanol–water partition coefficient (Wildman–Crippen LogP) is 4.25. The van der Waals surface area contributed by atoms with Gasteiger partial charge in [0.2, 0.25) is 0 Å². The average Bonchev–Trinajstić information content (AvgIpc) is 2.62. The lowest BCUT2D eigenvalue weighted by molar-refractivity contribution is -0.274. The van der Waals surface area contributed by atoms with Crippen LogP contribution in [0, 0.1) is 12.8 Å². The van der Waals surface area contributed by atoms with Crippen LogP contribution < -0.4 is 4.74 Å². The van der Waals surface area contributed by atoms with Gasteiger partial charge in [-0.25, -0.2) is 0 Å². The van der Waals surface area contributed by atoms with Crippen LogP contribution in [0.25, 0.3) is 5.70 Å². The average molecular weight is 398 g/mol. The third-order valence-electron chi connectivity index (χ3n) is 4.64. The first-order valence-corrected chi connectivity index (χ1v) is 8.95. The molecule has 0 saturated carbocycles. The van der Waals surface area contributed by atoms with Crippen LogP contribution in [-0.4, -0.2) is 47.9 Å². The Labute approximate surface area is 162 Å². The standard InChI is InChI=1S/C20H25F3N2O3/c1-13-9-17(27)19(18(10-13)28-20(21,22)23)16(24-3)7-6-14(2)25-8-4-5-15(11-25)12-26/h6-7,9-10,15,26-27H,3-5,8,11-12H2,1-2H3/b14-6+,16-7-. The normalized spacial score (nSPS) is 18.9. The largest absolute Gasteiger partial charge is 0.573 e. The zero-order chi connectivity index (χ0) is 20.9. The lowest BCUT2D eigenvalue weighted by Gasteiger charge is -2.34. The topological polar surface area (TPSA) is 65.3 Å². The van der Waals surface area contributed by atoms with E-state index in [1.807, 2.05) is 6.92 Å². The van der Waals surface area contributed by atoms with Crippen molar-refractivity contribution in [3.63, 3.8) is 0 Å². The molecule has 0 radical (unpaired) electrons. The molecule has 0 amide bonds. The number of ether oxygens (including phenoxy) is 1. The second kappa shape index (κ2) is 9.14. The van der Waals surface area contributed by atoms with Gasteiger partial charge in [-0.3, -0.25) is 4.99 Å². The van der Waals surface area contributed by atoms with Gasteiger partial charge < -0.3 is 19.8 Å². The van der Waals surface area contributed by atoms with Gasteiger partial charge in [-0.05, 0) is 69.2 Å². The highest BCUT2D eigenvalue weighted by Gasteiger charge is 2.33. The zero-order valence-electron chi connectivity index (χ0n) is 16.0. The maximum absolute atomic E-state index is 12.8. The molecule has 5 nitrogen and oxygen atoms in total. The first kappa shape index (κ1) is 21.8. The van der Waals surface area contributed by atoms with Gasteiger partial charge in [0.1, 0.15) is 11.5 Å². The lowest BCUT2D eigenvalue weighted by Crippen LogP contribution is -2.35. The molecule has 1 heterocycles. The summed E-state index contributed by atoms with van der Waals surface area (Å²) in [4.78, 5) is 5.89. The minimum Gasteiger partial charge on any atom is -0.507 e. The molecule has 1 fully saturated rings. The van der Waals surface area contributed by atoms with E-state index in [2.05, 4.69) is 21.3 Å². The second-order valence-corrected chi connectivity index (χ2v) is 6.86. The van der Waals surface area contributed by atoms with Crippen LogP contribution in [0.15, 0.2) is 35.0 Å². The number of hydrogen-bond donors (Lipinski definition) is 2. The number of phenols is 1. The quantitative estimate of drug-likeness (QED) is 0.555. The molecule has 8 heteroatoms. The van der Waals surface area contributed by atoms with Crippen molar-refractivity contribution in [1.29, 1.82) is 0 Å². The van der Waals surface area contributed by atoms with Gasteiger partial charge in [0.15, 0.2) is 0 Å². The molecule has 1 saturated heterocycles. The van der Waals surface area contributed by atoms with E-state index < -0.39 is 12.1 Å². The number of aryl methyl sites for hydroxylation is 1. The summed E-state index contributed by atoms with van der Waals surface area (Å²) in [6, 6.07) is 2.53. The first-order valence-electron chi connectivity index (χ1n) is 8.95. The van der Waals surface area contributed by atoms with Crippen LogP contribution in [-0.2, 0) is 0 Å². The second-order valence-electron chi connectivity index (χ2n) is 6.86. The van der Waals surface area contributed by atoms with Gasteiger partial charge in [0.05, 0.1) is 11.3 Å². The fraction of sp³-hybridized carbons (Fsp3) is 0.450. The van der Waals surface area contributed by atoms with E-state index in [0.717, 1.165) is 25.1 Å². The zero-order valence-corrected chi connectivity index (χ0v) is 16.0. The van der Waals surface area contributed by atoms with Crippen molar-refractivity contribution in [2.24, 2.45) is 10.9 Å². The molecule has 1 atom stereocenters. The Bertz CT molecular complexity index is 773. The predicted molar refractivity (Wildman–Crippen MR) is 102 cm³/mol. The van der Waals surface area contributed by atoms with Crippen LogP contribution >= 0.6 is 0 Å². The van der Waals surface area contributed by atoms with Crippen molar-refractivity contribution in [2.75, 3.05) is 19.7 Å². The fourth-order valence-corrected chi connectivity index (χ4v) is 3.25. The number of benzene rings is 1. The molecule has 2 N–H and O–H groups in total. The number of phenolic OH excluding ortho intramolecular Hbond substituents is 1. The number of hydrogen-bond acceptors (Lipinski definition) is 5. The van der Waals surface area contributed by atoms with Gasteiger partial charge in [0.25, 0.3) is 0 Å². The van der Waals surface area contributed by atoms with E-state index >= 15 is 0 Å². The number of rotatable bonds is 6. The van der Waals surface area contributed by atoms with E-state index in [4.69, 9.17) is 0 Å². The number of nitrogens with zero attached hydrogens (tertiary/aromatic N) is 2. The highest BCUT2D eigenvalue weighted by Crippen LogP contribution is 2.38. The number of likely N-dealkylation sites (tertiary alicyclic amines) is 1. The van der Waals surface area contributed by atoms with E-state index in [-0.39, 0.29) is 29.5 Å². The van der Waals surface area contributed by atoms with Gasteiger partial charge in [-0.15, -0.1) is 13.2 Å². The number of piperidine rings is 1. The molecule has 0 aromatic heterocycles. The van der Waals surface area contributed by atoms with Gasteiger partial charge >= 0.3 is 6.36 Å². The molecule has 1 aromatic rings.